The van der Waals surface area contributed by atoms with E-state index in [9.17, 15) is 0 Å². The first kappa shape index (κ1) is 24.2. The second kappa shape index (κ2) is 12.5. The molecule has 0 atom stereocenters. The van der Waals surface area contributed by atoms with Crippen LogP contribution in [0.3, 0.4) is 0 Å². The molecule has 0 aliphatic heterocycles. The van der Waals surface area contributed by atoms with E-state index in [1.54, 1.807) is 0 Å². The van der Waals surface area contributed by atoms with Gasteiger partial charge in [-0.05, 0) is 6.42 Å². The Kier molecular flexibility index (Phi) is 9.79. The van der Waals surface area contributed by atoms with Gasteiger partial charge in [-0.3, -0.25) is 0 Å². The van der Waals surface area contributed by atoms with E-state index in [1.807, 2.05) is 0 Å². The molecule has 0 saturated carbocycles. The molecule has 0 amide bonds. The molecule has 0 nitrogen and oxygen atoms in total. The van der Waals surface area contributed by atoms with E-state index in [-0.39, 0.29) is 5.49 Å². The first-order valence-corrected chi connectivity index (χ1v) is 27.1. The Labute approximate surface area is 200 Å². The number of benzene rings is 3. The van der Waals surface area contributed by atoms with Crippen molar-refractivity contribution in [3.63, 3.8) is 0 Å². The fraction of sp³-hybridized carbons (Fsp3) is 0.111. The molecule has 5 aromatic carbocycles. The second-order valence-corrected chi connectivity index (χ2v) is 39.2. The Morgan fingerprint density at radius 3 is 2.03 bits per heavy atom. The van der Waals surface area contributed by atoms with E-state index in [2.05, 4.69) is 122 Å². The molecule has 0 bridgehead atoms. The summed E-state index contributed by atoms with van der Waals surface area (Å²) < 4.78 is 0. The van der Waals surface area contributed by atoms with Gasteiger partial charge in [0.1, 0.15) is 0 Å². The first-order chi connectivity index (χ1) is 15.0. The van der Waals surface area contributed by atoms with Crippen molar-refractivity contribution in [3.05, 3.63) is 120 Å². The summed E-state index contributed by atoms with van der Waals surface area (Å²) in [5.74, 6) is 0. The van der Waals surface area contributed by atoms with Crippen molar-refractivity contribution in [2.45, 2.75) is 19.5 Å². The molecule has 0 aliphatic carbocycles. The monoisotopic (exact) mass is 628 g/mol. The molecular formula is C27H26Cl2HfSi-2. The number of halogens is 2. The van der Waals surface area contributed by atoms with Crippen molar-refractivity contribution in [1.82, 2.24) is 0 Å². The van der Waals surface area contributed by atoms with Gasteiger partial charge in [-0.2, -0.15) is 17.5 Å². The molecule has 0 aliphatic rings. The smallest absolute Gasteiger partial charge is 0.0442 e. The summed E-state index contributed by atoms with van der Waals surface area (Å²) in [5, 5.41) is 5.38. The summed E-state index contributed by atoms with van der Waals surface area (Å²) in [4.78, 5) is 0. The van der Waals surface area contributed by atoms with E-state index in [4.69, 9.17) is 17.2 Å². The molecule has 0 unspecified atom stereocenters. The molecule has 0 saturated heterocycles. The molecule has 31 heavy (non-hydrogen) atoms. The molecule has 5 rings (SSSR count). The van der Waals surface area contributed by atoms with Crippen molar-refractivity contribution in [2.24, 2.45) is 0 Å². The van der Waals surface area contributed by atoms with Crippen molar-refractivity contribution in [3.8, 4) is 0 Å². The third-order valence-electron chi connectivity index (χ3n) is 4.93. The van der Waals surface area contributed by atoms with Crippen LogP contribution in [0.2, 0.25) is 13.1 Å². The van der Waals surface area contributed by atoms with E-state index in [0.717, 1.165) is 6.42 Å². The molecule has 158 valence electrons. The Hall–Kier alpha value is -1.45. The van der Waals surface area contributed by atoms with Crippen LogP contribution in [0.4, 0.5) is 0 Å². The maximum absolute atomic E-state index is 5.64. The molecule has 0 fully saturated rings. The van der Waals surface area contributed by atoms with Crippen LogP contribution in [0.15, 0.2) is 109 Å². The maximum atomic E-state index is 5.64. The third-order valence-corrected chi connectivity index (χ3v) is 32.4. The second-order valence-electron chi connectivity index (χ2n) is 7.52. The molecule has 0 spiro atoms. The van der Waals surface area contributed by atoms with Crippen LogP contribution >= 0.6 is 17.2 Å². The average molecular weight is 628 g/mol. The van der Waals surface area contributed by atoms with E-state index >= 15 is 0 Å². The Morgan fingerprint density at radius 1 is 0.742 bits per heavy atom. The fourth-order valence-electron chi connectivity index (χ4n) is 3.25. The Bertz CT molecular complexity index is 1200. The Balaban J connectivity index is 0.000000153. The van der Waals surface area contributed by atoms with Gasteiger partial charge in [-0.15, -0.1) is 76.3 Å². The van der Waals surface area contributed by atoms with Gasteiger partial charge >= 0.3 is 53.4 Å². The normalized spacial score (nSPS) is 10.1. The quantitative estimate of drug-likeness (QED) is 0.135. The van der Waals surface area contributed by atoms with Gasteiger partial charge in [0.05, 0.1) is 0 Å². The van der Waals surface area contributed by atoms with Crippen LogP contribution in [0.25, 0.3) is 21.5 Å². The van der Waals surface area contributed by atoms with Crippen LogP contribution in [0.1, 0.15) is 11.1 Å². The average Bonchev–Trinajstić information content (AvgIpc) is 3.43. The zero-order valence-corrected chi connectivity index (χ0v) is 24.0. The summed E-state index contributed by atoms with van der Waals surface area (Å²) in [6.07, 6.45) is 1.02. The molecule has 4 heteroatoms. The summed E-state index contributed by atoms with van der Waals surface area (Å²) in [6.45, 7) is 4.35. The number of hydrogen-bond donors (Lipinski definition) is 0. The Morgan fingerprint density at radius 2 is 1.35 bits per heavy atom. The van der Waals surface area contributed by atoms with E-state index in [1.165, 1.54) is 32.7 Å². The van der Waals surface area contributed by atoms with Gasteiger partial charge < -0.3 is 0 Å². The van der Waals surface area contributed by atoms with Gasteiger partial charge in [0.15, 0.2) is 0 Å². The predicted octanol–water partition coefficient (Wildman–Crippen LogP) is 8.87. The predicted molar refractivity (Wildman–Crippen MR) is 138 cm³/mol. The van der Waals surface area contributed by atoms with E-state index < -0.39 is 17.7 Å². The van der Waals surface area contributed by atoms with Gasteiger partial charge in [0, 0.05) is 0 Å². The maximum Gasteiger partial charge on any atom is -0.0442 e. The standard InChI is InChI=1S/C16H13.C9H7.C2H6Si.2ClH.Hf/c1-2-6-13(7-3-1)12-15-11-10-14-8-4-5-9-16(14)15;1-2-5-9-7-3-6-8(9)4-1;1-3-2;;;/h1-11H,12H2;1-7H;1-2H3;2*1H;/q2*-1;;;;+2/p-2. The molecule has 0 aromatic heterocycles. The minimum absolute atomic E-state index is 0.208. The summed E-state index contributed by atoms with van der Waals surface area (Å²) in [5.41, 5.74) is 2.58. The van der Waals surface area contributed by atoms with Crippen LogP contribution in [-0.2, 0) is 24.1 Å². The van der Waals surface area contributed by atoms with Gasteiger partial charge in [0.25, 0.3) is 0 Å². The number of hydrogen-bond acceptors (Lipinski definition) is 0. The van der Waals surface area contributed by atoms with Crippen LogP contribution in [0.5, 0.6) is 0 Å². The van der Waals surface area contributed by atoms with Gasteiger partial charge in [-0.25, -0.2) is 0 Å². The van der Waals surface area contributed by atoms with Crippen LogP contribution in [-0.4, -0.2) is 5.49 Å². The fourth-order valence-corrected chi connectivity index (χ4v) is 3.25. The molecule has 0 heterocycles. The number of fused-ring (bicyclic) bond motifs is 2. The summed E-state index contributed by atoms with van der Waals surface area (Å²) in [6, 6.07) is 38.3. The molecule has 0 radical (unpaired) electrons. The third kappa shape index (κ3) is 7.57. The van der Waals surface area contributed by atoms with Crippen LogP contribution < -0.4 is 0 Å². The largest absolute Gasteiger partial charge is 0.168 e. The minimum atomic E-state index is -1.78. The summed E-state index contributed by atoms with van der Waals surface area (Å²) >= 11 is -1.78. The van der Waals surface area contributed by atoms with Crippen molar-refractivity contribution >= 4 is 44.2 Å². The minimum Gasteiger partial charge on any atom is -0.168 e. The van der Waals surface area contributed by atoms with Crippen molar-refractivity contribution in [2.75, 3.05) is 0 Å². The molecule has 5 aromatic rings. The van der Waals surface area contributed by atoms with Gasteiger partial charge in [0.2, 0.25) is 0 Å². The first-order valence-electron chi connectivity index (χ1n) is 10.3. The molecular weight excluding hydrogens is 602 g/mol. The SMILES string of the molecule is C[Si](C)=[Hf]([Cl])[Cl].c1ccc(Cc2c[cH-]c3ccccc23)cc1.c1ccc2[cH-]ccc2c1. The number of rotatable bonds is 2. The van der Waals surface area contributed by atoms with Crippen molar-refractivity contribution in [1.29, 1.82) is 0 Å². The topological polar surface area (TPSA) is 0 Å². The van der Waals surface area contributed by atoms with E-state index in [0.29, 0.717) is 0 Å². The zero-order valence-electron chi connectivity index (χ0n) is 17.9. The zero-order chi connectivity index (χ0) is 22.1. The van der Waals surface area contributed by atoms with Gasteiger partial charge in [-0.1, -0.05) is 48.0 Å². The van der Waals surface area contributed by atoms with Crippen LogP contribution in [0, 0.1) is 0 Å². The van der Waals surface area contributed by atoms with Crippen molar-refractivity contribution < 1.29 is 17.7 Å². The summed E-state index contributed by atoms with van der Waals surface area (Å²) in [7, 11) is 11.3. The molecule has 0 N–H and O–H groups in total.